The summed E-state index contributed by atoms with van der Waals surface area (Å²) >= 11 is 8.76. The molecule has 0 amide bonds. The van der Waals surface area contributed by atoms with Gasteiger partial charge in [0.1, 0.15) is 23.8 Å². The van der Waals surface area contributed by atoms with E-state index in [1.54, 1.807) is 12.2 Å². The molecule has 1 aromatic carbocycles. The normalized spacial score (nSPS) is 20.1. The highest BCUT2D eigenvalue weighted by Crippen LogP contribution is 2.35. The number of ether oxygens (including phenoxy) is 1. The van der Waals surface area contributed by atoms with E-state index in [-0.39, 0.29) is 11.7 Å². The van der Waals surface area contributed by atoms with Crippen LogP contribution in [-0.2, 0) is 0 Å². The van der Waals surface area contributed by atoms with Crippen molar-refractivity contribution in [1.29, 1.82) is 0 Å². The number of hydrogen-bond acceptors (Lipinski definition) is 2. The van der Waals surface area contributed by atoms with Crippen molar-refractivity contribution in [3.05, 3.63) is 34.1 Å². The largest absolute Gasteiger partial charge is 0.482 e. The average Bonchev–Trinajstić information content (AvgIpc) is 2.27. The maximum atomic E-state index is 13.1. The van der Waals surface area contributed by atoms with Crippen LogP contribution in [0.2, 0.25) is 0 Å². The molecule has 1 N–H and O–H groups in total. The number of halogens is 3. The Morgan fingerprint density at radius 3 is 3.00 bits per heavy atom. The van der Waals surface area contributed by atoms with Gasteiger partial charge in [-0.3, -0.25) is 0 Å². The lowest BCUT2D eigenvalue weighted by Crippen LogP contribution is -2.32. The van der Waals surface area contributed by atoms with Crippen LogP contribution >= 0.6 is 27.5 Å². The van der Waals surface area contributed by atoms with Gasteiger partial charge in [-0.25, -0.2) is 4.39 Å². The molecular formula is C11H9BrClFO2. The highest BCUT2D eigenvalue weighted by molar-refractivity contribution is 9.10. The van der Waals surface area contributed by atoms with E-state index < -0.39 is 12.2 Å². The first-order valence-corrected chi connectivity index (χ1v) is 6.02. The minimum Gasteiger partial charge on any atom is -0.482 e. The van der Waals surface area contributed by atoms with Crippen LogP contribution in [0, 0.1) is 5.82 Å². The van der Waals surface area contributed by atoms with Crippen LogP contribution in [0.3, 0.4) is 0 Å². The Morgan fingerprint density at radius 2 is 2.31 bits per heavy atom. The molecule has 0 radical (unpaired) electrons. The molecule has 0 fully saturated rings. The van der Waals surface area contributed by atoms with Crippen LogP contribution in [0.1, 0.15) is 5.56 Å². The van der Waals surface area contributed by atoms with Gasteiger partial charge in [0.15, 0.2) is 0 Å². The predicted molar refractivity (Wildman–Crippen MR) is 64.3 cm³/mol. The molecule has 86 valence electrons. The first kappa shape index (κ1) is 11.9. The molecule has 0 spiro atoms. The lowest BCUT2D eigenvalue weighted by Gasteiger charge is -2.25. The van der Waals surface area contributed by atoms with E-state index in [9.17, 15) is 9.50 Å². The number of fused-ring (bicyclic) bond motifs is 1. The molecule has 0 saturated carbocycles. The quantitative estimate of drug-likeness (QED) is 0.851. The second-order valence-electron chi connectivity index (χ2n) is 3.47. The molecule has 1 aliphatic rings. The Labute approximate surface area is 106 Å². The molecule has 0 aliphatic carbocycles. The van der Waals surface area contributed by atoms with Crippen molar-refractivity contribution in [2.24, 2.45) is 0 Å². The van der Waals surface area contributed by atoms with Crippen molar-refractivity contribution >= 4 is 33.6 Å². The van der Waals surface area contributed by atoms with Crippen LogP contribution in [0.5, 0.6) is 5.75 Å². The topological polar surface area (TPSA) is 29.5 Å². The Kier molecular flexibility index (Phi) is 3.52. The lowest BCUT2D eigenvalue weighted by atomic mass is 10.1. The van der Waals surface area contributed by atoms with Crippen molar-refractivity contribution in [3.8, 4) is 5.75 Å². The number of aliphatic hydroxyl groups excluding tert-OH is 1. The van der Waals surface area contributed by atoms with E-state index in [1.807, 2.05) is 0 Å². The van der Waals surface area contributed by atoms with Crippen molar-refractivity contribution in [2.45, 2.75) is 12.2 Å². The molecule has 16 heavy (non-hydrogen) atoms. The maximum absolute atomic E-state index is 13.1. The minimum absolute atomic E-state index is 0.0865. The van der Waals surface area contributed by atoms with Crippen LogP contribution in [-0.4, -0.2) is 23.2 Å². The van der Waals surface area contributed by atoms with Gasteiger partial charge in [0.25, 0.3) is 0 Å². The monoisotopic (exact) mass is 306 g/mol. The van der Waals surface area contributed by atoms with Crippen molar-refractivity contribution in [1.82, 2.24) is 0 Å². The molecule has 2 rings (SSSR count). The molecule has 1 aliphatic heterocycles. The van der Waals surface area contributed by atoms with E-state index in [0.717, 1.165) is 0 Å². The van der Waals surface area contributed by atoms with Crippen LogP contribution in [0.4, 0.5) is 4.39 Å². The fourth-order valence-corrected chi connectivity index (χ4v) is 2.21. The SMILES string of the molecule is OC(CCl)[C@H]1C=Cc2cc(F)cc(Br)c2O1. The molecule has 5 heteroatoms. The number of hydrogen-bond donors (Lipinski definition) is 1. The van der Waals surface area contributed by atoms with Gasteiger partial charge in [-0.05, 0) is 34.1 Å². The first-order valence-electron chi connectivity index (χ1n) is 4.69. The Morgan fingerprint density at radius 1 is 1.56 bits per heavy atom. The summed E-state index contributed by atoms with van der Waals surface area (Å²) in [5.74, 6) is 0.275. The Balaban J connectivity index is 2.34. The fourth-order valence-electron chi connectivity index (χ4n) is 1.50. The second-order valence-corrected chi connectivity index (χ2v) is 4.63. The van der Waals surface area contributed by atoms with E-state index in [0.29, 0.717) is 15.8 Å². The van der Waals surface area contributed by atoms with Crippen LogP contribution in [0.25, 0.3) is 6.08 Å². The number of aliphatic hydroxyl groups is 1. The summed E-state index contributed by atoms with van der Waals surface area (Å²) in [7, 11) is 0. The zero-order chi connectivity index (χ0) is 11.7. The smallest absolute Gasteiger partial charge is 0.144 e. The van der Waals surface area contributed by atoms with Gasteiger partial charge in [0, 0.05) is 5.56 Å². The molecular weight excluding hydrogens is 298 g/mol. The van der Waals surface area contributed by atoms with E-state index >= 15 is 0 Å². The fraction of sp³-hybridized carbons (Fsp3) is 0.273. The van der Waals surface area contributed by atoms with Crippen molar-refractivity contribution in [2.75, 3.05) is 5.88 Å². The maximum Gasteiger partial charge on any atom is 0.144 e. The third kappa shape index (κ3) is 2.24. The highest BCUT2D eigenvalue weighted by Gasteiger charge is 2.23. The Bertz CT molecular complexity index is 436. The van der Waals surface area contributed by atoms with Gasteiger partial charge in [-0.15, -0.1) is 11.6 Å². The summed E-state index contributed by atoms with van der Waals surface area (Å²) in [5, 5.41) is 9.56. The molecule has 2 atom stereocenters. The zero-order valence-corrected chi connectivity index (χ0v) is 10.5. The second kappa shape index (κ2) is 4.73. The lowest BCUT2D eigenvalue weighted by molar-refractivity contribution is 0.0781. The summed E-state index contributed by atoms with van der Waals surface area (Å²) < 4.78 is 19.1. The van der Waals surface area contributed by atoms with Crippen LogP contribution in [0.15, 0.2) is 22.7 Å². The molecule has 1 aromatic rings. The third-order valence-corrected chi connectivity index (χ3v) is 3.20. The summed E-state index contributed by atoms with van der Waals surface area (Å²) in [6.45, 7) is 0. The van der Waals surface area contributed by atoms with Gasteiger partial charge < -0.3 is 9.84 Å². The molecule has 0 saturated heterocycles. The summed E-state index contributed by atoms with van der Waals surface area (Å²) in [6, 6.07) is 2.70. The standard InChI is InChI=1S/C11H9BrClFO2/c12-8-4-7(14)3-6-1-2-10(9(15)5-13)16-11(6)8/h1-4,9-10,15H,5H2/t9?,10-/m1/s1. The van der Waals surface area contributed by atoms with Gasteiger partial charge in [-0.1, -0.05) is 6.08 Å². The predicted octanol–water partition coefficient (Wildman–Crippen LogP) is 2.96. The first-order chi connectivity index (χ1) is 7.61. The summed E-state index contributed by atoms with van der Waals surface area (Å²) in [6.07, 6.45) is 2.11. The number of benzene rings is 1. The van der Waals surface area contributed by atoms with E-state index in [2.05, 4.69) is 15.9 Å². The zero-order valence-electron chi connectivity index (χ0n) is 8.16. The third-order valence-electron chi connectivity index (χ3n) is 2.29. The molecule has 0 aromatic heterocycles. The molecule has 1 heterocycles. The summed E-state index contributed by atoms with van der Waals surface area (Å²) in [4.78, 5) is 0. The number of rotatable bonds is 2. The van der Waals surface area contributed by atoms with Gasteiger partial charge in [0.2, 0.25) is 0 Å². The Hall–Kier alpha value is -0.580. The van der Waals surface area contributed by atoms with E-state index in [4.69, 9.17) is 16.3 Å². The molecule has 0 bridgehead atoms. The summed E-state index contributed by atoms with van der Waals surface area (Å²) in [5.41, 5.74) is 0.643. The molecule has 1 unspecified atom stereocenters. The van der Waals surface area contributed by atoms with Gasteiger partial charge >= 0.3 is 0 Å². The molecule has 2 nitrogen and oxygen atoms in total. The highest BCUT2D eigenvalue weighted by atomic mass is 79.9. The van der Waals surface area contributed by atoms with Gasteiger partial charge in [-0.2, -0.15) is 0 Å². The van der Waals surface area contributed by atoms with Crippen LogP contribution < -0.4 is 4.74 Å². The van der Waals surface area contributed by atoms with Crippen molar-refractivity contribution < 1.29 is 14.2 Å². The average molecular weight is 308 g/mol. The van der Waals surface area contributed by atoms with E-state index in [1.165, 1.54) is 12.1 Å². The van der Waals surface area contributed by atoms with Gasteiger partial charge in [0.05, 0.1) is 10.4 Å². The van der Waals surface area contributed by atoms with Crippen molar-refractivity contribution in [3.63, 3.8) is 0 Å². The minimum atomic E-state index is -0.775. The number of alkyl halides is 1.